The number of rotatable bonds is 3. The lowest BCUT2D eigenvalue weighted by atomic mass is 9.71. The third-order valence-corrected chi connectivity index (χ3v) is 6.08. The van der Waals surface area contributed by atoms with Gasteiger partial charge in [-0.1, -0.05) is 26.2 Å². The molecule has 1 spiro atoms. The van der Waals surface area contributed by atoms with Crippen molar-refractivity contribution in [1.82, 2.24) is 5.32 Å². The highest BCUT2D eigenvalue weighted by atomic mass is 16.5. The van der Waals surface area contributed by atoms with Crippen LogP contribution in [-0.4, -0.2) is 38.0 Å². The summed E-state index contributed by atoms with van der Waals surface area (Å²) in [4.78, 5) is 0. The Balaban J connectivity index is 1.67. The summed E-state index contributed by atoms with van der Waals surface area (Å²) < 4.78 is 11.8. The molecule has 122 valence electrons. The Morgan fingerprint density at radius 2 is 1.81 bits per heavy atom. The minimum atomic E-state index is 0.157. The molecule has 2 saturated heterocycles. The summed E-state index contributed by atoms with van der Waals surface area (Å²) >= 11 is 0. The smallest absolute Gasteiger partial charge is 0.0729 e. The molecule has 1 N–H and O–H groups in total. The zero-order valence-electron chi connectivity index (χ0n) is 13.7. The monoisotopic (exact) mass is 295 g/mol. The predicted octanol–water partition coefficient (Wildman–Crippen LogP) is 3.52. The van der Waals surface area contributed by atoms with Crippen LogP contribution in [0.5, 0.6) is 0 Å². The van der Waals surface area contributed by atoms with Crippen molar-refractivity contribution >= 4 is 0 Å². The Bertz CT molecular complexity index is 309. The molecule has 0 amide bonds. The molecule has 3 atom stereocenters. The van der Waals surface area contributed by atoms with E-state index in [0.29, 0.717) is 0 Å². The van der Waals surface area contributed by atoms with Gasteiger partial charge in [0.25, 0.3) is 0 Å². The number of hydrogen-bond donors (Lipinski definition) is 1. The minimum Gasteiger partial charge on any atom is -0.381 e. The van der Waals surface area contributed by atoms with E-state index in [-0.39, 0.29) is 5.60 Å². The van der Waals surface area contributed by atoms with E-state index < -0.39 is 0 Å². The van der Waals surface area contributed by atoms with Gasteiger partial charge in [0, 0.05) is 25.9 Å². The fourth-order valence-electron chi connectivity index (χ4n) is 4.94. The molecule has 2 aliphatic heterocycles. The molecular weight excluding hydrogens is 262 g/mol. The molecule has 3 rings (SSSR count). The summed E-state index contributed by atoms with van der Waals surface area (Å²) in [5.74, 6) is 1.73. The van der Waals surface area contributed by atoms with Gasteiger partial charge in [-0.2, -0.15) is 0 Å². The SMILES string of the molecule is CCNC1CCCCCC1C1CCOC2(CCOCC2)C1. The zero-order chi connectivity index (χ0) is 14.5. The second-order valence-electron chi connectivity index (χ2n) is 7.36. The van der Waals surface area contributed by atoms with E-state index in [2.05, 4.69) is 12.2 Å². The first-order valence-corrected chi connectivity index (χ1v) is 9.28. The van der Waals surface area contributed by atoms with E-state index in [9.17, 15) is 0 Å². The van der Waals surface area contributed by atoms with Gasteiger partial charge in [-0.25, -0.2) is 0 Å². The average Bonchev–Trinajstić information content (AvgIpc) is 2.74. The topological polar surface area (TPSA) is 30.5 Å². The maximum Gasteiger partial charge on any atom is 0.0729 e. The van der Waals surface area contributed by atoms with E-state index in [1.165, 1.54) is 44.9 Å². The molecule has 2 heterocycles. The van der Waals surface area contributed by atoms with Crippen LogP contribution in [0.2, 0.25) is 0 Å². The second-order valence-corrected chi connectivity index (χ2v) is 7.36. The molecule has 0 radical (unpaired) electrons. The zero-order valence-corrected chi connectivity index (χ0v) is 13.7. The molecule has 21 heavy (non-hydrogen) atoms. The van der Waals surface area contributed by atoms with Crippen LogP contribution in [0.1, 0.15) is 64.7 Å². The van der Waals surface area contributed by atoms with Crippen molar-refractivity contribution in [2.45, 2.75) is 76.4 Å². The highest BCUT2D eigenvalue weighted by Crippen LogP contribution is 2.43. The first-order chi connectivity index (χ1) is 10.3. The largest absolute Gasteiger partial charge is 0.381 e. The van der Waals surface area contributed by atoms with Crippen LogP contribution in [0.3, 0.4) is 0 Å². The van der Waals surface area contributed by atoms with E-state index in [4.69, 9.17) is 9.47 Å². The molecule has 3 nitrogen and oxygen atoms in total. The molecule has 3 aliphatic rings. The van der Waals surface area contributed by atoms with Crippen molar-refractivity contribution < 1.29 is 9.47 Å². The molecule has 0 aromatic carbocycles. The Kier molecular flexibility index (Phi) is 5.58. The third kappa shape index (κ3) is 3.80. The number of nitrogens with one attached hydrogen (secondary N) is 1. The second kappa shape index (κ2) is 7.43. The quantitative estimate of drug-likeness (QED) is 0.808. The summed E-state index contributed by atoms with van der Waals surface area (Å²) in [7, 11) is 0. The maximum absolute atomic E-state index is 6.25. The van der Waals surface area contributed by atoms with Crippen molar-refractivity contribution in [3.05, 3.63) is 0 Å². The summed E-state index contributed by atoms with van der Waals surface area (Å²) in [6.07, 6.45) is 11.9. The lowest BCUT2D eigenvalue weighted by Crippen LogP contribution is -2.48. The van der Waals surface area contributed by atoms with E-state index >= 15 is 0 Å². The minimum absolute atomic E-state index is 0.157. The van der Waals surface area contributed by atoms with Crippen molar-refractivity contribution in [3.8, 4) is 0 Å². The van der Waals surface area contributed by atoms with Crippen LogP contribution in [0, 0.1) is 11.8 Å². The Labute approximate surface area is 130 Å². The molecule has 0 aromatic rings. The van der Waals surface area contributed by atoms with Gasteiger partial charge in [-0.3, -0.25) is 0 Å². The normalized spacial score (nSPS) is 37.3. The number of ether oxygens (including phenoxy) is 2. The first-order valence-electron chi connectivity index (χ1n) is 9.28. The summed E-state index contributed by atoms with van der Waals surface area (Å²) in [5, 5.41) is 3.80. The fourth-order valence-corrected chi connectivity index (χ4v) is 4.94. The molecule has 3 unspecified atom stereocenters. The lowest BCUT2D eigenvalue weighted by Gasteiger charge is -2.46. The van der Waals surface area contributed by atoms with Crippen LogP contribution in [0.4, 0.5) is 0 Å². The molecule has 3 heteroatoms. The Morgan fingerprint density at radius 1 is 1.00 bits per heavy atom. The fraction of sp³-hybridized carbons (Fsp3) is 1.00. The maximum atomic E-state index is 6.25. The van der Waals surface area contributed by atoms with E-state index in [1.54, 1.807) is 0 Å². The number of hydrogen-bond acceptors (Lipinski definition) is 3. The van der Waals surface area contributed by atoms with Gasteiger partial charge in [0.2, 0.25) is 0 Å². The lowest BCUT2D eigenvalue weighted by molar-refractivity contribution is -0.154. The first kappa shape index (κ1) is 15.8. The Hall–Kier alpha value is -0.120. The van der Waals surface area contributed by atoms with Crippen molar-refractivity contribution in [2.75, 3.05) is 26.4 Å². The summed E-state index contributed by atoms with van der Waals surface area (Å²) in [6, 6.07) is 0.748. The van der Waals surface area contributed by atoms with E-state index in [0.717, 1.165) is 57.1 Å². The van der Waals surface area contributed by atoms with Gasteiger partial charge in [0.1, 0.15) is 0 Å². The summed E-state index contributed by atoms with van der Waals surface area (Å²) in [6.45, 7) is 6.14. The third-order valence-electron chi connectivity index (χ3n) is 6.08. The van der Waals surface area contributed by atoms with E-state index in [1.807, 2.05) is 0 Å². The van der Waals surface area contributed by atoms with Crippen LogP contribution in [-0.2, 0) is 9.47 Å². The molecule has 1 saturated carbocycles. The molecule has 0 bridgehead atoms. The predicted molar refractivity (Wildman–Crippen MR) is 85.5 cm³/mol. The van der Waals surface area contributed by atoms with Gasteiger partial charge in [-0.15, -0.1) is 0 Å². The van der Waals surface area contributed by atoms with Gasteiger partial charge >= 0.3 is 0 Å². The van der Waals surface area contributed by atoms with Crippen LogP contribution < -0.4 is 5.32 Å². The van der Waals surface area contributed by atoms with Gasteiger partial charge in [0.15, 0.2) is 0 Å². The molecule has 0 aromatic heterocycles. The van der Waals surface area contributed by atoms with Crippen LogP contribution in [0.15, 0.2) is 0 Å². The standard InChI is InChI=1S/C18H33NO2/c1-2-19-17-7-5-3-4-6-16(17)15-8-11-21-18(14-15)9-12-20-13-10-18/h15-17,19H,2-14H2,1H3. The van der Waals surface area contributed by atoms with Crippen molar-refractivity contribution in [3.63, 3.8) is 0 Å². The van der Waals surface area contributed by atoms with Crippen LogP contribution in [0.25, 0.3) is 0 Å². The van der Waals surface area contributed by atoms with Gasteiger partial charge in [0.05, 0.1) is 5.60 Å². The van der Waals surface area contributed by atoms with Gasteiger partial charge < -0.3 is 14.8 Å². The molecule has 3 fully saturated rings. The highest BCUT2D eigenvalue weighted by Gasteiger charge is 2.42. The Morgan fingerprint density at radius 3 is 2.62 bits per heavy atom. The van der Waals surface area contributed by atoms with Crippen molar-refractivity contribution in [2.24, 2.45) is 11.8 Å². The average molecular weight is 295 g/mol. The van der Waals surface area contributed by atoms with Gasteiger partial charge in [-0.05, 0) is 56.9 Å². The van der Waals surface area contributed by atoms with Crippen LogP contribution >= 0.6 is 0 Å². The highest BCUT2D eigenvalue weighted by molar-refractivity contribution is 4.94. The molecule has 1 aliphatic carbocycles. The molecular formula is C18H33NO2. The van der Waals surface area contributed by atoms with Crippen molar-refractivity contribution in [1.29, 1.82) is 0 Å². The summed E-state index contributed by atoms with van der Waals surface area (Å²) in [5.41, 5.74) is 0.157.